The summed E-state index contributed by atoms with van der Waals surface area (Å²) in [6.07, 6.45) is 4.64. The molecular formula is C23H24N6O4. The van der Waals surface area contributed by atoms with E-state index in [0.717, 1.165) is 25.1 Å². The predicted molar refractivity (Wildman–Crippen MR) is 119 cm³/mol. The van der Waals surface area contributed by atoms with E-state index in [1.807, 2.05) is 13.8 Å². The molecule has 33 heavy (non-hydrogen) atoms. The third-order valence-electron chi connectivity index (χ3n) is 5.59. The molecule has 1 aromatic carbocycles. The number of anilines is 1. The topological polar surface area (TPSA) is 111 Å². The zero-order valence-corrected chi connectivity index (χ0v) is 18.7. The molecule has 0 bridgehead atoms. The van der Waals surface area contributed by atoms with Gasteiger partial charge in [-0.15, -0.1) is 5.10 Å². The fourth-order valence-electron chi connectivity index (χ4n) is 3.83. The first-order chi connectivity index (χ1) is 15.8. The smallest absolute Gasteiger partial charge is 0.272 e. The summed E-state index contributed by atoms with van der Waals surface area (Å²) in [7, 11) is 1.67. The Morgan fingerprint density at radius 2 is 2.00 bits per heavy atom. The van der Waals surface area contributed by atoms with Crippen LogP contribution < -0.4 is 14.8 Å². The Labute approximate surface area is 190 Å². The monoisotopic (exact) mass is 448 g/mol. The summed E-state index contributed by atoms with van der Waals surface area (Å²) in [6, 6.07) is 6.74. The lowest BCUT2D eigenvalue weighted by atomic mass is 9.99. The molecule has 0 atom stereocenters. The average Bonchev–Trinajstić information content (AvgIpc) is 3.27. The number of nitrogens with one attached hydrogen (secondary N) is 1. The number of amides is 2. The van der Waals surface area contributed by atoms with E-state index < -0.39 is 5.60 Å². The maximum Gasteiger partial charge on any atom is 0.272 e. The Kier molecular flexibility index (Phi) is 4.99. The molecule has 3 aromatic rings. The van der Waals surface area contributed by atoms with Crippen LogP contribution in [0.5, 0.6) is 17.2 Å². The number of hydrogen-bond donors (Lipinski definition) is 1. The molecule has 5 rings (SSSR count). The largest absolute Gasteiger partial charge is 0.487 e. The Balaban J connectivity index is 1.41. The van der Waals surface area contributed by atoms with Crippen molar-refractivity contribution in [3.05, 3.63) is 53.5 Å². The van der Waals surface area contributed by atoms with Gasteiger partial charge in [0.2, 0.25) is 0 Å². The van der Waals surface area contributed by atoms with Crippen molar-refractivity contribution in [1.82, 2.24) is 24.9 Å². The zero-order valence-electron chi connectivity index (χ0n) is 18.7. The van der Waals surface area contributed by atoms with Crippen molar-refractivity contribution in [2.45, 2.75) is 32.3 Å². The highest BCUT2D eigenvalue weighted by Crippen LogP contribution is 2.43. The predicted octanol–water partition coefficient (Wildman–Crippen LogP) is 2.81. The number of pyridine rings is 1. The minimum absolute atomic E-state index is 0.0773. The molecule has 0 saturated carbocycles. The Hall–Kier alpha value is -3.95. The molecule has 0 unspecified atom stereocenters. The van der Waals surface area contributed by atoms with Crippen LogP contribution in [-0.2, 0) is 13.5 Å². The van der Waals surface area contributed by atoms with Crippen LogP contribution in [0.15, 0.2) is 36.7 Å². The van der Waals surface area contributed by atoms with Gasteiger partial charge >= 0.3 is 0 Å². The van der Waals surface area contributed by atoms with Gasteiger partial charge in [0.05, 0.1) is 12.4 Å². The van der Waals surface area contributed by atoms with Crippen molar-refractivity contribution in [3.8, 4) is 17.2 Å². The van der Waals surface area contributed by atoms with Crippen molar-refractivity contribution in [3.63, 3.8) is 0 Å². The lowest BCUT2D eigenvalue weighted by Crippen LogP contribution is -2.42. The van der Waals surface area contributed by atoms with Crippen LogP contribution >= 0.6 is 0 Å². The number of ether oxygens (including phenoxy) is 2. The number of benzene rings is 1. The summed E-state index contributed by atoms with van der Waals surface area (Å²) >= 11 is 0. The molecule has 1 saturated heterocycles. The number of rotatable bonds is 5. The SMILES string of the molecule is Cn1ncc(NC(=O)c2cc(Oc3ccc(C(=O)N4CCC4)nc3)c3c(c2)OC(C)(C)C3)n1. The maximum absolute atomic E-state index is 12.9. The van der Waals surface area contributed by atoms with Crippen molar-refractivity contribution in [2.75, 3.05) is 18.4 Å². The lowest BCUT2D eigenvalue weighted by Gasteiger charge is -2.30. The van der Waals surface area contributed by atoms with E-state index in [2.05, 4.69) is 20.5 Å². The molecule has 2 aliphatic heterocycles. The minimum Gasteiger partial charge on any atom is -0.487 e. The fourth-order valence-corrected chi connectivity index (χ4v) is 3.83. The number of likely N-dealkylation sites (tertiary alicyclic amines) is 1. The summed E-state index contributed by atoms with van der Waals surface area (Å²) in [5.41, 5.74) is 1.20. The minimum atomic E-state index is -0.424. The van der Waals surface area contributed by atoms with Crippen molar-refractivity contribution in [2.24, 2.45) is 7.05 Å². The highest BCUT2D eigenvalue weighted by Gasteiger charge is 2.34. The van der Waals surface area contributed by atoms with E-state index in [1.54, 1.807) is 36.2 Å². The van der Waals surface area contributed by atoms with E-state index in [0.29, 0.717) is 40.7 Å². The second-order valence-electron chi connectivity index (χ2n) is 8.79. The number of aromatic nitrogens is 4. The first-order valence-corrected chi connectivity index (χ1v) is 10.7. The van der Waals surface area contributed by atoms with Gasteiger partial charge in [0.25, 0.3) is 11.8 Å². The fraction of sp³-hybridized carbons (Fsp3) is 0.348. The van der Waals surface area contributed by atoms with Gasteiger partial charge in [-0.2, -0.15) is 9.90 Å². The first kappa shape index (κ1) is 20.9. The van der Waals surface area contributed by atoms with E-state index in [9.17, 15) is 9.59 Å². The van der Waals surface area contributed by atoms with Gasteiger partial charge in [-0.3, -0.25) is 9.59 Å². The quantitative estimate of drug-likeness (QED) is 0.639. The summed E-state index contributed by atoms with van der Waals surface area (Å²) in [4.78, 5) is 32.6. The zero-order chi connectivity index (χ0) is 23.2. The molecule has 4 heterocycles. The van der Waals surface area contributed by atoms with E-state index in [1.165, 1.54) is 17.2 Å². The van der Waals surface area contributed by atoms with Crippen LogP contribution in [0.3, 0.4) is 0 Å². The Morgan fingerprint density at radius 1 is 1.18 bits per heavy atom. The highest BCUT2D eigenvalue weighted by molar-refractivity contribution is 6.04. The molecule has 1 fully saturated rings. The normalized spacial score (nSPS) is 15.9. The maximum atomic E-state index is 12.9. The molecule has 10 nitrogen and oxygen atoms in total. The van der Waals surface area contributed by atoms with Gasteiger partial charge < -0.3 is 19.7 Å². The standard InChI is InChI=1S/C23H24N6O4/c1-23(2)11-16-18(32-15-5-6-17(24-12-15)22(31)29-7-4-8-29)9-14(10-19(16)33-23)21(30)26-20-13-25-28(3)27-20/h5-6,9-10,12-13H,4,7-8,11H2,1-3H3,(H,26,27,30). The molecule has 0 aliphatic carbocycles. The molecule has 0 spiro atoms. The molecule has 10 heteroatoms. The summed E-state index contributed by atoms with van der Waals surface area (Å²) in [5, 5.41) is 10.8. The van der Waals surface area contributed by atoms with Crippen LogP contribution in [0.25, 0.3) is 0 Å². The lowest BCUT2D eigenvalue weighted by molar-refractivity contribution is 0.0645. The first-order valence-electron chi connectivity index (χ1n) is 10.7. The van der Waals surface area contributed by atoms with Gasteiger partial charge in [0.1, 0.15) is 28.5 Å². The molecule has 1 N–H and O–H groups in total. The van der Waals surface area contributed by atoms with Crippen LogP contribution in [0.2, 0.25) is 0 Å². The van der Waals surface area contributed by atoms with Crippen LogP contribution in [0.1, 0.15) is 46.7 Å². The molecule has 2 aromatic heterocycles. The van der Waals surface area contributed by atoms with Crippen molar-refractivity contribution < 1.29 is 19.1 Å². The third-order valence-corrected chi connectivity index (χ3v) is 5.59. The average molecular weight is 448 g/mol. The van der Waals surface area contributed by atoms with Crippen LogP contribution in [0, 0.1) is 0 Å². The van der Waals surface area contributed by atoms with Crippen molar-refractivity contribution >= 4 is 17.6 Å². The number of hydrogen-bond acceptors (Lipinski definition) is 7. The second kappa shape index (κ2) is 7.88. The molecular weight excluding hydrogens is 424 g/mol. The summed E-state index contributed by atoms with van der Waals surface area (Å²) < 4.78 is 12.2. The van der Waals surface area contributed by atoms with E-state index in [4.69, 9.17) is 9.47 Å². The summed E-state index contributed by atoms with van der Waals surface area (Å²) in [6.45, 7) is 5.50. The third kappa shape index (κ3) is 4.23. The molecule has 2 amide bonds. The molecule has 0 radical (unpaired) electrons. The van der Waals surface area contributed by atoms with Gasteiger partial charge in [-0.1, -0.05) is 0 Å². The van der Waals surface area contributed by atoms with E-state index >= 15 is 0 Å². The van der Waals surface area contributed by atoms with Gasteiger partial charge in [-0.05, 0) is 44.5 Å². The van der Waals surface area contributed by atoms with E-state index in [-0.39, 0.29) is 11.8 Å². The van der Waals surface area contributed by atoms with Crippen LogP contribution in [-0.4, -0.2) is 55.4 Å². The molecule has 170 valence electrons. The second-order valence-corrected chi connectivity index (χ2v) is 8.79. The Morgan fingerprint density at radius 3 is 2.64 bits per heavy atom. The number of fused-ring (bicyclic) bond motifs is 1. The summed E-state index contributed by atoms with van der Waals surface area (Å²) in [5.74, 6) is 1.48. The highest BCUT2D eigenvalue weighted by atomic mass is 16.5. The number of aryl methyl sites for hydroxylation is 1. The molecule has 2 aliphatic rings. The van der Waals surface area contributed by atoms with Gasteiger partial charge in [-0.25, -0.2) is 4.98 Å². The Bertz CT molecular complexity index is 1230. The van der Waals surface area contributed by atoms with Gasteiger partial charge in [0.15, 0.2) is 5.82 Å². The number of nitrogens with zero attached hydrogens (tertiary/aromatic N) is 5. The number of carbonyl (C=O) groups excluding carboxylic acids is 2. The number of carbonyl (C=O) groups is 2. The van der Waals surface area contributed by atoms with Crippen LogP contribution in [0.4, 0.5) is 5.82 Å². The van der Waals surface area contributed by atoms with Gasteiger partial charge in [0, 0.05) is 37.7 Å². The van der Waals surface area contributed by atoms with Crippen molar-refractivity contribution in [1.29, 1.82) is 0 Å².